The van der Waals surface area contributed by atoms with E-state index in [0.717, 1.165) is 0 Å². The fourth-order valence-electron chi connectivity index (χ4n) is 4.83. The van der Waals surface area contributed by atoms with Gasteiger partial charge in [-0.1, -0.05) is 64.7 Å². The Balaban J connectivity index is 1.32. The number of unbranched alkanes of at least 4 members (excludes halogenated alkanes) is 9. The van der Waals surface area contributed by atoms with Gasteiger partial charge in [0.2, 0.25) is 0 Å². The first kappa shape index (κ1) is 26.9. The van der Waals surface area contributed by atoms with Gasteiger partial charge in [-0.15, -0.1) is 45.3 Å². The highest BCUT2D eigenvalue weighted by Crippen LogP contribution is 2.44. The van der Waals surface area contributed by atoms with Crippen LogP contribution in [-0.2, 0) is 6.42 Å². The Morgan fingerprint density at radius 3 is 1.57 bits per heavy atom. The summed E-state index contributed by atoms with van der Waals surface area (Å²) < 4.78 is 0. The van der Waals surface area contributed by atoms with Gasteiger partial charge in [0.15, 0.2) is 0 Å². The highest BCUT2D eigenvalue weighted by molar-refractivity contribution is 7.28. The standard InChI is InChI=1S/C31H40S4/c1-5-6-7-8-9-10-11-12-13-14-15-25-21-24(4)33-31(25)29-19-17-27(35-29)26-16-18-28(34-26)30-22(2)20-23(3)32-30/h16-21H,5-15H2,1-4H3. The summed E-state index contributed by atoms with van der Waals surface area (Å²) in [6.07, 6.45) is 15.2. The normalized spacial score (nSPS) is 11.5. The summed E-state index contributed by atoms with van der Waals surface area (Å²) in [5.41, 5.74) is 2.97. The quantitative estimate of drug-likeness (QED) is 0.139. The third kappa shape index (κ3) is 7.41. The summed E-state index contributed by atoms with van der Waals surface area (Å²) in [7, 11) is 0. The maximum atomic E-state index is 2.44. The van der Waals surface area contributed by atoms with E-state index < -0.39 is 0 Å². The first-order valence-electron chi connectivity index (χ1n) is 13.4. The van der Waals surface area contributed by atoms with E-state index in [2.05, 4.69) is 64.1 Å². The van der Waals surface area contributed by atoms with Crippen LogP contribution in [0.15, 0.2) is 36.4 Å². The summed E-state index contributed by atoms with van der Waals surface area (Å²) in [5.74, 6) is 0. The molecule has 0 nitrogen and oxygen atoms in total. The third-order valence-corrected chi connectivity index (χ3v) is 11.6. The zero-order chi connectivity index (χ0) is 24.6. The predicted octanol–water partition coefficient (Wildman–Crippen LogP) is 12.3. The lowest BCUT2D eigenvalue weighted by Gasteiger charge is -2.04. The van der Waals surface area contributed by atoms with Gasteiger partial charge in [0, 0.05) is 39.0 Å². The lowest BCUT2D eigenvalue weighted by molar-refractivity contribution is 0.556. The van der Waals surface area contributed by atoms with Crippen molar-refractivity contribution in [1.82, 2.24) is 0 Å². The van der Waals surface area contributed by atoms with Gasteiger partial charge >= 0.3 is 0 Å². The van der Waals surface area contributed by atoms with E-state index in [1.807, 2.05) is 45.3 Å². The van der Waals surface area contributed by atoms with Gasteiger partial charge in [-0.3, -0.25) is 0 Å². The van der Waals surface area contributed by atoms with Crippen molar-refractivity contribution in [2.75, 3.05) is 0 Å². The smallest absolute Gasteiger partial charge is 0.0477 e. The number of aryl methyl sites for hydroxylation is 4. The van der Waals surface area contributed by atoms with E-state index >= 15 is 0 Å². The summed E-state index contributed by atoms with van der Waals surface area (Å²) in [6.45, 7) is 9.00. The molecule has 4 rings (SSSR count). The van der Waals surface area contributed by atoms with E-state index in [9.17, 15) is 0 Å². The van der Waals surface area contributed by atoms with Crippen molar-refractivity contribution in [1.29, 1.82) is 0 Å². The fourth-order valence-corrected chi connectivity index (χ4v) is 9.35. The number of hydrogen-bond acceptors (Lipinski definition) is 4. The lowest BCUT2D eigenvalue weighted by Crippen LogP contribution is -1.86. The maximum Gasteiger partial charge on any atom is 0.0477 e. The Bertz CT molecular complexity index is 1180. The minimum absolute atomic E-state index is 1.23. The van der Waals surface area contributed by atoms with Crippen LogP contribution in [-0.4, -0.2) is 0 Å². The Morgan fingerprint density at radius 2 is 1.00 bits per heavy atom. The predicted molar refractivity (Wildman–Crippen MR) is 164 cm³/mol. The van der Waals surface area contributed by atoms with Crippen LogP contribution in [0.1, 0.15) is 92.0 Å². The average molecular weight is 541 g/mol. The Morgan fingerprint density at radius 1 is 0.514 bits per heavy atom. The SMILES string of the molecule is CCCCCCCCCCCCc1cc(C)sc1-c1ccc(-c2ccc(-c3sc(C)cc3C)s2)s1. The molecule has 0 aromatic carbocycles. The van der Waals surface area contributed by atoms with Crippen LogP contribution in [0.4, 0.5) is 0 Å². The molecule has 0 N–H and O–H groups in total. The molecule has 4 aromatic rings. The molecule has 0 aliphatic heterocycles. The minimum atomic E-state index is 1.23. The second-order valence-electron chi connectivity index (χ2n) is 9.84. The van der Waals surface area contributed by atoms with E-state index in [0.29, 0.717) is 0 Å². The van der Waals surface area contributed by atoms with Crippen molar-refractivity contribution in [3.05, 3.63) is 57.3 Å². The van der Waals surface area contributed by atoms with E-state index in [1.165, 1.54) is 115 Å². The van der Waals surface area contributed by atoms with Crippen molar-refractivity contribution in [3.8, 4) is 29.3 Å². The topological polar surface area (TPSA) is 0 Å². The molecular formula is C31H40S4. The zero-order valence-corrected chi connectivity index (χ0v) is 25.1. The molecule has 35 heavy (non-hydrogen) atoms. The molecule has 0 spiro atoms. The highest BCUT2D eigenvalue weighted by Gasteiger charge is 2.15. The molecular weight excluding hydrogens is 501 g/mol. The molecule has 0 radical (unpaired) electrons. The highest BCUT2D eigenvalue weighted by atomic mass is 32.1. The first-order valence-corrected chi connectivity index (χ1v) is 16.7. The molecule has 0 unspecified atom stereocenters. The van der Waals surface area contributed by atoms with Crippen LogP contribution in [0.25, 0.3) is 29.3 Å². The summed E-state index contributed by atoms with van der Waals surface area (Å²) in [4.78, 5) is 11.4. The molecule has 0 fully saturated rings. The molecule has 0 aliphatic rings. The molecule has 0 amide bonds. The molecule has 4 aromatic heterocycles. The molecule has 0 aliphatic carbocycles. The summed E-state index contributed by atoms with van der Waals surface area (Å²) >= 11 is 7.80. The van der Waals surface area contributed by atoms with Crippen LogP contribution in [0.3, 0.4) is 0 Å². The molecule has 188 valence electrons. The maximum absolute atomic E-state index is 2.44. The summed E-state index contributed by atoms with van der Waals surface area (Å²) in [6, 6.07) is 14.1. The molecule has 0 bridgehead atoms. The van der Waals surface area contributed by atoms with Gasteiger partial charge in [-0.05, 0) is 81.1 Å². The minimum Gasteiger partial charge on any atom is -0.139 e. The van der Waals surface area contributed by atoms with Crippen molar-refractivity contribution in [2.24, 2.45) is 0 Å². The molecule has 0 atom stereocenters. The molecule has 0 saturated heterocycles. The zero-order valence-electron chi connectivity index (χ0n) is 21.9. The Labute approximate surface area is 229 Å². The van der Waals surface area contributed by atoms with Gasteiger partial charge in [0.1, 0.15) is 0 Å². The van der Waals surface area contributed by atoms with Gasteiger partial charge in [0.25, 0.3) is 0 Å². The van der Waals surface area contributed by atoms with Crippen LogP contribution in [0, 0.1) is 20.8 Å². The van der Waals surface area contributed by atoms with Crippen LogP contribution >= 0.6 is 45.3 Å². The number of thiophene rings is 4. The monoisotopic (exact) mass is 540 g/mol. The first-order chi connectivity index (χ1) is 17.0. The summed E-state index contributed by atoms with van der Waals surface area (Å²) in [5, 5.41) is 0. The number of hydrogen-bond donors (Lipinski definition) is 0. The van der Waals surface area contributed by atoms with Gasteiger partial charge in [0.05, 0.1) is 0 Å². The lowest BCUT2D eigenvalue weighted by atomic mass is 10.0. The van der Waals surface area contributed by atoms with Gasteiger partial charge < -0.3 is 0 Å². The van der Waals surface area contributed by atoms with Gasteiger partial charge in [-0.2, -0.15) is 0 Å². The van der Waals surface area contributed by atoms with E-state index in [1.54, 1.807) is 5.56 Å². The molecule has 4 heteroatoms. The van der Waals surface area contributed by atoms with Crippen molar-refractivity contribution < 1.29 is 0 Å². The van der Waals surface area contributed by atoms with E-state index in [-0.39, 0.29) is 0 Å². The van der Waals surface area contributed by atoms with Crippen molar-refractivity contribution >= 4 is 45.3 Å². The van der Waals surface area contributed by atoms with Crippen molar-refractivity contribution in [2.45, 2.75) is 98.3 Å². The van der Waals surface area contributed by atoms with Crippen LogP contribution in [0.2, 0.25) is 0 Å². The third-order valence-electron chi connectivity index (χ3n) is 6.68. The Kier molecular flexibility index (Phi) is 10.3. The second-order valence-corrected chi connectivity index (χ2v) is 14.5. The fraction of sp³-hybridized carbons (Fsp3) is 0.484. The van der Waals surface area contributed by atoms with Crippen LogP contribution in [0.5, 0.6) is 0 Å². The largest absolute Gasteiger partial charge is 0.139 e. The molecule has 0 saturated carbocycles. The molecule has 4 heterocycles. The Hall–Kier alpha value is -1.20. The van der Waals surface area contributed by atoms with Crippen LogP contribution < -0.4 is 0 Å². The number of rotatable bonds is 14. The second kappa shape index (κ2) is 13.4. The van der Waals surface area contributed by atoms with Gasteiger partial charge in [-0.25, -0.2) is 0 Å². The van der Waals surface area contributed by atoms with E-state index in [4.69, 9.17) is 0 Å². The van der Waals surface area contributed by atoms with Crippen molar-refractivity contribution in [3.63, 3.8) is 0 Å². The average Bonchev–Trinajstić information content (AvgIpc) is 3.61.